The normalized spacial score (nSPS) is 22.4. The average molecular weight is 217 g/mol. The van der Waals surface area contributed by atoms with Gasteiger partial charge in [-0.1, -0.05) is 24.6 Å². The van der Waals surface area contributed by atoms with Crippen LogP contribution in [0.15, 0.2) is 35.5 Å². The van der Waals surface area contributed by atoms with Crippen LogP contribution in [0.5, 0.6) is 0 Å². The molecule has 1 aromatic rings. The Morgan fingerprint density at radius 3 is 2.50 bits per heavy atom. The van der Waals surface area contributed by atoms with Crippen molar-refractivity contribution in [2.24, 2.45) is 5.16 Å². The first-order valence-electron chi connectivity index (χ1n) is 5.89. The molecule has 2 aliphatic rings. The van der Waals surface area contributed by atoms with E-state index in [1.165, 1.54) is 6.42 Å². The highest BCUT2D eigenvalue weighted by molar-refractivity contribution is 5.94. The molecule has 0 amide bonds. The topological polar surface area (TPSA) is 30.8 Å². The second-order valence-corrected chi connectivity index (χ2v) is 4.43. The molecule has 0 bridgehead atoms. The van der Waals surface area contributed by atoms with E-state index in [1.54, 1.807) is 0 Å². The minimum Gasteiger partial charge on any atom is -0.430 e. The summed E-state index contributed by atoms with van der Waals surface area (Å²) < 4.78 is 5.90. The third kappa shape index (κ3) is 1.66. The third-order valence-electron chi connectivity index (χ3n) is 3.21. The number of rotatable bonds is 1. The van der Waals surface area contributed by atoms with Gasteiger partial charge in [0.15, 0.2) is 0 Å². The number of nitrogens with zero attached hydrogens (tertiary/aromatic N) is 1. The SMILES string of the molecule is c1ccc(C2=NOC3(CCCCC3)O2)cc1. The van der Waals surface area contributed by atoms with Crippen LogP contribution in [-0.2, 0) is 9.57 Å². The minimum atomic E-state index is -0.455. The number of hydrogen-bond donors (Lipinski definition) is 0. The van der Waals surface area contributed by atoms with Gasteiger partial charge >= 0.3 is 0 Å². The molecule has 1 aromatic carbocycles. The Kier molecular flexibility index (Phi) is 2.31. The van der Waals surface area contributed by atoms with Crippen molar-refractivity contribution < 1.29 is 9.57 Å². The summed E-state index contributed by atoms with van der Waals surface area (Å²) in [4.78, 5) is 5.51. The Balaban J connectivity index is 1.77. The lowest BCUT2D eigenvalue weighted by molar-refractivity contribution is -0.178. The molecule has 1 aliphatic heterocycles. The Labute approximate surface area is 95.1 Å². The van der Waals surface area contributed by atoms with E-state index in [0.717, 1.165) is 31.2 Å². The molecular formula is C13H15NO2. The molecule has 0 unspecified atom stereocenters. The van der Waals surface area contributed by atoms with E-state index in [9.17, 15) is 0 Å². The predicted octanol–water partition coefficient (Wildman–Crippen LogP) is 3.06. The Morgan fingerprint density at radius 2 is 1.75 bits per heavy atom. The maximum absolute atomic E-state index is 5.90. The van der Waals surface area contributed by atoms with E-state index in [-0.39, 0.29) is 0 Å². The quantitative estimate of drug-likeness (QED) is 0.723. The maximum Gasteiger partial charge on any atom is 0.277 e. The molecule has 3 heteroatoms. The van der Waals surface area contributed by atoms with Crippen LogP contribution >= 0.6 is 0 Å². The molecule has 0 saturated heterocycles. The molecule has 0 N–H and O–H groups in total. The van der Waals surface area contributed by atoms with Crippen molar-refractivity contribution in [2.45, 2.75) is 37.9 Å². The summed E-state index contributed by atoms with van der Waals surface area (Å²) in [5, 5.41) is 4.08. The van der Waals surface area contributed by atoms with Crippen molar-refractivity contribution in [2.75, 3.05) is 0 Å². The number of oxime groups is 1. The minimum absolute atomic E-state index is 0.455. The summed E-state index contributed by atoms with van der Waals surface area (Å²) in [6.07, 6.45) is 5.50. The van der Waals surface area contributed by atoms with Crippen LogP contribution in [0.2, 0.25) is 0 Å². The molecule has 3 rings (SSSR count). The van der Waals surface area contributed by atoms with Crippen LogP contribution in [-0.4, -0.2) is 11.7 Å². The standard InChI is InChI=1S/C13H15NO2/c1-3-7-11(8-4-1)12-14-16-13(15-12)9-5-2-6-10-13/h1,3-4,7-8H,2,5-6,9-10H2. The highest BCUT2D eigenvalue weighted by Crippen LogP contribution is 2.37. The van der Waals surface area contributed by atoms with Gasteiger partial charge in [0.2, 0.25) is 0 Å². The highest BCUT2D eigenvalue weighted by atomic mass is 16.8. The van der Waals surface area contributed by atoms with Crippen molar-refractivity contribution in [1.82, 2.24) is 0 Å². The lowest BCUT2D eigenvalue weighted by Crippen LogP contribution is -2.34. The Morgan fingerprint density at radius 1 is 1.00 bits per heavy atom. The summed E-state index contributed by atoms with van der Waals surface area (Å²) >= 11 is 0. The van der Waals surface area contributed by atoms with Crippen molar-refractivity contribution in [3.63, 3.8) is 0 Å². The van der Waals surface area contributed by atoms with Gasteiger partial charge in [0.25, 0.3) is 11.7 Å². The summed E-state index contributed by atoms with van der Waals surface area (Å²) in [5.41, 5.74) is 0.991. The van der Waals surface area contributed by atoms with Crippen molar-refractivity contribution in [1.29, 1.82) is 0 Å². The number of benzene rings is 1. The molecule has 0 aromatic heterocycles. The molecule has 84 valence electrons. The smallest absolute Gasteiger partial charge is 0.277 e. The van der Waals surface area contributed by atoms with E-state index in [4.69, 9.17) is 9.57 Å². The van der Waals surface area contributed by atoms with Gasteiger partial charge in [0.1, 0.15) is 0 Å². The first-order valence-corrected chi connectivity index (χ1v) is 5.89. The summed E-state index contributed by atoms with van der Waals surface area (Å²) in [6.45, 7) is 0. The summed E-state index contributed by atoms with van der Waals surface area (Å²) in [6, 6.07) is 9.92. The van der Waals surface area contributed by atoms with E-state index < -0.39 is 5.79 Å². The lowest BCUT2D eigenvalue weighted by Gasteiger charge is -2.29. The zero-order valence-corrected chi connectivity index (χ0v) is 9.19. The zero-order valence-electron chi connectivity index (χ0n) is 9.19. The summed E-state index contributed by atoms with van der Waals surface area (Å²) in [5.74, 6) is 0.172. The van der Waals surface area contributed by atoms with Crippen molar-refractivity contribution in [3.05, 3.63) is 35.9 Å². The molecular weight excluding hydrogens is 202 g/mol. The fourth-order valence-corrected chi connectivity index (χ4v) is 2.31. The van der Waals surface area contributed by atoms with E-state index >= 15 is 0 Å². The zero-order chi connectivity index (χ0) is 10.8. The largest absolute Gasteiger partial charge is 0.430 e. The second kappa shape index (κ2) is 3.81. The van der Waals surface area contributed by atoms with Crippen molar-refractivity contribution in [3.8, 4) is 0 Å². The highest BCUT2D eigenvalue weighted by Gasteiger charge is 2.42. The van der Waals surface area contributed by atoms with E-state index in [0.29, 0.717) is 5.90 Å². The predicted molar refractivity (Wildman–Crippen MR) is 61.0 cm³/mol. The molecule has 0 atom stereocenters. The molecule has 1 aliphatic carbocycles. The Hall–Kier alpha value is -1.51. The number of hydrogen-bond acceptors (Lipinski definition) is 3. The van der Waals surface area contributed by atoms with E-state index in [1.807, 2.05) is 30.3 Å². The van der Waals surface area contributed by atoms with Crippen LogP contribution in [0, 0.1) is 0 Å². The van der Waals surface area contributed by atoms with Crippen LogP contribution in [0.25, 0.3) is 0 Å². The molecule has 1 spiro atoms. The van der Waals surface area contributed by atoms with Crippen molar-refractivity contribution >= 4 is 5.90 Å². The number of ether oxygens (including phenoxy) is 1. The molecule has 1 fully saturated rings. The molecule has 0 radical (unpaired) electrons. The van der Waals surface area contributed by atoms with Crippen LogP contribution in [0.4, 0.5) is 0 Å². The molecule has 16 heavy (non-hydrogen) atoms. The van der Waals surface area contributed by atoms with Crippen LogP contribution in [0.1, 0.15) is 37.7 Å². The van der Waals surface area contributed by atoms with Gasteiger partial charge in [-0.3, -0.25) is 0 Å². The van der Waals surface area contributed by atoms with E-state index in [2.05, 4.69) is 5.16 Å². The average Bonchev–Trinajstić information content (AvgIpc) is 2.75. The fraction of sp³-hybridized carbons (Fsp3) is 0.462. The fourth-order valence-electron chi connectivity index (χ4n) is 2.31. The second-order valence-electron chi connectivity index (χ2n) is 4.43. The molecule has 3 nitrogen and oxygen atoms in total. The van der Waals surface area contributed by atoms with Crippen LogP contribution in [0.3, 0.4) is 0 Å². The van der Waals surface area contributed by atoms with Crippen LogP contribution < -0.4 is 0 Å². The molecule has 1 saturated carbocycles. The van der Waals surface area contributed by atoms with Gasteiger partial charge in [0, 0.05) is 18.4 Å². The lowest BCUT2D eigenvalue weighted by atomic mass is 9.94. The van der Waals surface area contributed by atoms with Gasteiger partial charge in [0.05, 0.1) is 0 Å². The summed E-state index contributed by atoms with van der Waals surface area (Å²) in [7, 11) is 0. The monoisotopic (exact) mass is 217 g/mol. The van der Waals surface area contributed by atoms with Gasteiger partial charge < -0.3 is 9.57 Å². The van der Waals surface area contributed by atoms with Gasteiger partial charge in [-0.2, -0.15) is 0 Å². The van der Waals surface area contributed by atoms with Gasteiger partial charge in [-0.15, -0.1) is 0 Å². The van der Waals surface area contributed by atoms with Gasteiger partial charge in [-0.05, 0) is 30.1 Å². The maximum atomic E-state index is 5.90. The van der Waals surface area contributed by atoms with Gasteiger partial charge in [-0.25, -0.2) is 0 Å². The third-order valence-corrected chi connectivity index (χ3v) is 3.21. The first kappa shape index (κ1) is 9.70. The molecule has 1 heterocycles. The Bertz CT molecular complexity index is 394. The first-order chi connectivity index (χ1) is 7.88.